The Bertz CT molecular complexity index is 50.9. The predicted molar refractivity (Wildman–Crippen MR) is 30.9 cm³/mol. The molecule has 0 spiro atoms. The molecule has 0 radical (unpaired) electrons. The first-order chi connectivity index (χ1) is 4.35. The first-order valence-electron chi connectivity index (χ1n) is 2.87. The molecule has 56 valence electrons. The van der Waals surface area contributed by atoms with E-state index >= 15 is 0 Å². The molecular weight excluding hydrogens is 124 g/mol. The molecule has 0 unspecified atom stereocenters. The van der Waals surface area contributed by atoms with Crippen molar-refractivity contribution < 1.29 is 20.3 Å². The van der Waals surface area contributed by atoms with Crippen molar-refractivity contribution in [1.82, 2.24) is 0 Å². The molecule has 0 aliphatic carbocycles. The highest BCUT2D eigenvalue weighted by atomic mass is 17.1. The Morgan fingerprint density at radius 2 is 1.67 bits per heavy atom. The maximum atomic E-state index is 7.96. The Labute approximate surface area is 53.9 Å². The van der Waals surface area contributed by atoms with Crippen molar-refractivity contribution in [2.45, 2.75) is 13.3 Å². The van der Waals surface area contributed by atoms with Crippen LogP contribution in [0.2, 0.25) is 0 Å². The maximum Gasteiger partial charge on any atom is 0.0871 e. The summed E-state index contributed by atoms with van der Waals surface area (Å²) in [4.78, 5) is 7.71. The molecule has 0 atom stereocenters. The van der Waals surface area contributed by atoms with Crippen molar-refractivity contribution in [3.05, 3.63) is 0 Å². The second-order valence-electron chi connectivity index (χ2n) is 1.87. The Morgan fingerprint density at radius 3 is 1.89 bits per heavy atom. The summed E-state index contributed by atoms with van der Waals surface area (Å²) in [6, 6.07) is 0. The van der Waals surface area contributed by atoms with Gasteiger partial charge in [0.15, 0.2) is 0 Å². The lowest BCUT2D eigenvalue weighted by atomic mass is 10.1. The van der Waals surface area contributed by atoms with Crippen LogP contribution in [0.5, 0.6) is 0 Å². The third-order valence-corrected chi connectivity index (χ3v) is 1.20. The molecule has 4 heteroatoms. The van der Waals surface area contributed by atoms with E-state index in [0.29, 0.717) is 0 Å². The van der Waals surface area contributed by atoms with Crippen molar-refractivity contribution in [2.75, 3.05) is 13.2 Å². The van der Waals surface area contributed by atoms with Gasteiger partial charge in [-0.05, 0) is 6.42 Å². The van der Waals surface area contributed by atoms with Gasteiger partial charge in [-0.25, -0.2) is 9.78 Å². The van der Waals surface area contributed by atoms with Crippen LogP contribution in [0.4, 0.5) is 0 Å². The average Bonchev–Trinajstić information content (AvgIpc) is 1.88. The molecule has 0 saturated carbocycles. The third-order valence-electron chi connectivity index (χ3n) is 1.20. The third kappa shape index (κ3) is 4.35. The van der Waals surface area contributed by atoms with Crippen molar-refractivity contribution in [1.29, 1.82) is 0 Å². The van der Waals surface area contributed by atoms with Crippen LogP contribution in [0.25, 0.3) is 0 Å². The lowest BCUT2D eigenvalue weighted by molar-refractivity contribution is -0.281. The van der Waals surface area contributed by atoms with Gasteiger partial charge < -0.3 is 0 Å². The first-order valence-corrected chi connectivity index (χ1v) is 2.87. The van der Waals surface area contributed by atoms with Gasteiger partial charge in [-0.1, -0.05) is 6.92 Å². The summed E-state index contributed by atoms with van der Waals surface area (Å²) in [6.45, 7) is 2.33. The largest absolute Gasteiger partial charge is 0.252 e. The zero-order valence-electron chi connectivity index (χ0n) is 5.41. The zero-order valence-corrected chi connectivity index (χ0v) is 5.41. The van der Waals surface area contributed by atoms with Crippen LogP contribution in [0.15, 0.2) is 0 Å². The summed E-state index contributed by atoms with van der Waals surface area (Å²) in [5.41, 5.74) is 0. The minimum atomic E-state index is 0.0694. The molecule has 0 bridgehead atoms. The smallest absolute Gasteiger partial charge is 0.0871 e. The molecule has 2 N–H and O–H groups in total. The van der Waals surface area contributed by atoms with E-state index in [1.165, 1.54) is 0 Å². The second kappa shape index (κ2) is 5.97. The molecule has 0 aliphatic heterocycles. The Morgan fingerprint density at radius 1 is 1.22 bits per heavy atom. The summed E-state index contributed by atoms with van der Waals surface area (Å²) in [5, 5.41) is 15.9. The standard InChI is InChI=1S/C5H12O4/c1-2-5(3-8-6)4-9-7/h5-7H,2-4H2,1H3. The Hall–Kier alpha value is -0.160. The molecule has 0 heterocycles. The van der Waals surface area contributed by atoms with E-state index in [9.17, 15) is 0 Å². The van der Waals surface area contributed by atoms with Crippen molar-refractivity contribution in [2.24, 2.45) is 5.92 Å². The molecule has 0 aromatic carbocycles. The highest BCUT2D eigenvalue weighted by Gasteiger charge is 2.05. The van der Waals surface area contributed by atoms with Gasteiger partial charge >= 0.3 is 0 Å². The number of hydrogen-bond donors (Lipinski definition) is 2. The fourth-order valence-corrected chi connectivity index (χ4v) is 0.495. The van der Waals surface area contributed by atoms with Gasteiger partial charge in [0.05, 0.1) is 13.2 Å². The van der Waals surface area contributed by atoms with E-state index in [-0.39, 0.29) is 19.1 Å². The molecule has 0 fully saturated rings. The van der Waals surface area contributed by atoms with Gasteiger partial charge in [-0.15, -0.1) is 0 Å². The monoisotopic (exact) mass is 136 g/mol. The van der Waals surface area contributed by atoms with Crippen molar-refractivity contribution in [3.8, 4) is 0 Å². The predicted octanol–water partition coefficient (Wildman–Crippen LogP) is 0.992. The summed E-state index contributed by atoms with van der Waals surface area (Å²) in [7, 11) is 0. The van der Waals surface area contributed by atoms with Crippen LogP contribution < -0.4 is 0 Å². The van der Waals surface area contributed by atoms with Gasteiger partial charge in [0.1, 0.15) is 0 Å². The molecule has 4 nitrogen and oxygen atoms in total. The summed E-state index contributed by atoms with van der Waals surface area (Å²) < 4.78 is 0. The van der Waals surface area contributed by atoms with Crippen molar-refractivity contribution >= 4 is 0 Å². The average molecular weight is 136 g/mol. The van der Waals surface area contributed by atoms with Crippen LogP contribution in [0.1, 0.15) is 13.3 Å². The van der Waals surface area contributed by atoms with Crippen LogP contribution >= 0.6 is 0 Å². The van der Waals surface area contributed by atoms with Crippen LogP contribution in [0, 0.1) is 5.92 Å². The summed E-state index contributed by atoms with van der Waals surface area (Å²) >= 11 is 0. The van der Waals surface area contributed by atoms with E-state index in [1.54, 1.807) is 0 Å². The lowest BCUT2D eigenvalue weighted by Gasteiger charge is -2.08. The molecule has 0 aliphatic rings. The maximum absolute atomic E-state index is 7.96. The quantitative estimate of drug-likeness (QED) is 0.437. The Kier molecular flexibility index (Phi) is 5.86. The second-order valence-corrected chi connectivity index (χ2v) is 1.87. The van der Waals surface area contributed by atoms with Crippen LogP contribution in [-0.4, -0.2) is 23.7 Å². The van der Waals surface area contributed by atoms with Gasteiger partial charge in [-0.3, -0.25) is 10.5 Å². The summed E-state index contributed by atoms with van der Waals surface area (Å²) in [6.07, 6.45) is 0.807. The first kappa shape index (κ1) is 8.84. The normalized spacial score (nSPS) is 10.7. The van der Waals surface area contributed by atoms with Gasteiger partial charge in [-0.2, -0.15) is 0 Å². The SMILES string of the molecule is CCC(COO)COO. The van der Waals surface area contributed by atoms with Gasteiger partial charge in [0, 0.05) is 5.92 Å². The number of rotatable bonds is 5. The van der Waals surface area contributed by atoms with E-state index < -0.39 is 0 Å². The zero-order chi connectivity index (χ0) is 7.11. The van der Waals surface area contributed by atoms with E-state index in [0.717, 1.165) is 6.42 Å². The van der Waals surface area contributed by atoms with E-state index in [2.05, 4.69) is 9.78 Å². The fourth-order valence-electron chi connectivity index (χ4n) is 0.495. The molecule has 0 saturated heterocycles. The van der Waals surface area contributed by atoms with Crippen LogP contribution in [0.3, 0.4) is 0 Å². The minimum absolute atomic E-state index is 0.0694. The molecule has 0 aromatic rings. The molecule has 0 aromatic heterocycles. The Balaban J connectivity index is 3.18. The fraction of sp³-hybridized carbons (Fsp3) is 1.00. The van der Waals surface area contributed by atoms with E-state index in [4.69, 9.17) is 10.5 Å². The van der Waals surface area contributed by atoms with E-state index in [1.807, 2.05) is 6.92 Å². The summed E-state index contributed by atoms with van der Waals surface area (Å²) in [5.74, 6) is 0.0694. The van der Waals surface area contributed by atoms with Crippen LogP contribution in [-0.2, 0) is 9.78 Å². The lowest BCUT2D eigenvalue weighted by Crippen LogP contribution is -2.13. The minimum Gasteiger partial charge on any atom is -0.252 e. The highest BCUT2D eigenvalue weighted by Crippen LogP contribution is 2.01. The van der Waals surface area contributed by atoms with Gasteiger partial charge in [0.2, 0.25) is 0 Å². The molecule has 0 amide bonds. The molecule has 0 rings (SSSR count). The highest BCUT2D eigenvalue weighted by molar-refractivity contribution is 4.50. The number of hydrogen-bond acceptors (Lipinski definition) is 4. The molecular formula is C5H12O4. The van der Waals surface area contributed by atoms with Crippen molar-refractivity contribution in [3.63, 3.8) is 0 Å². The molecule has 9 heavy (non-hydrogen) atoms. The topological polar surface area (TPSA) is 58.9 Å². The van der Waals surface area contributed by atoms with Gasteiger partial charge in [0.25, 0.3) is 0 Å².